The summed E-state index contributed by atoms with van der Waals surface area (Å²) in [4.78, 5) is 19.1. The van der Waals surface area contributed by atoms with Crippen LogP contribution in [-0.2, 0) is 4.74 Å². The summed E-state index contributed by atoms with van der Waals surface area (Å²) >= 11 is 0. The lowest BCUT2D eigenvalue weighted by Crippen LogP contribution is -2.16. The molecule has 1 saturated carbocycles. The number of aromatic amines is 1. The first kappa shape index (κ1) is 11.0. The zero-order valence-corrected chi connectivity index (χ0v) is 9.95. The second kappa shape index (κ2) is 4.61. The third-order valence-corrected chi connectivity index (χ3v) is 3.79. The van der Waals surface area contributed by atoms with Gasteiger partial charge in [0.25, 0.3) is 5.56 Å². The molecule has 0 aromatic carbocycles. The number of aromatic nitrogens is 2. The van der Waals surface area contributed by atoms with E-state index in [-0.39, 0.29) is 11.7 Å². The Morgan fingerprint density at radius 1 is 1.24 bits per heavy atom. The van der Waals surface area contributed by atoms with Crippen molar-refractivity contribution in [1.29, 1.82) is 0 Å². The largest absolute Gasteiger partial charge is 0.370 e. The maximum Gasteiger partial charge on any atom is 0.251 e. The maximum atomic E-state index is 11.7. The van der Waals surface area contributed by atoms with Gasteiger partial charge in [0.15, 0.2) is 0 Å². The Kier molecular flexibility index (Phi) is 2.97. The fourth-order valence-corrected chi connectivity index (χ4v) is 2.87. The van der Waals surface area contributed by atoms with Crippen molar-refractivity contribution in [3.05, 3.63) is 27.9 Å². The monoisotopic (exact) mass is 234 g/mol. The van der Waals surface area contributed by atoms with Gasteiger partial charge in [-0.3, -0.25) is 4.79 Å². The molecule has 1 aromatic rings. The summed E-state index contributed by atoms with van der Waals surface area (Å²) in [5, 5.41) is 0. The van der Waals surface area contributed by atoms with Gasteiger partial charge in [-0.05, 0) is 25.7 Å². The number of H-pyrrole nitrogens is 1. The summed E-state index contributed by atoms with van der Waals surface area (Å²) in [6, 6.07) is 1.66. The van der Waals surface area contributed by atoms with Crippen LogP contribution in [0.1, 0.15) is 62.1 Å². The van der Waals surface area contributed by atoms with Crippen LogP contribution in [0.25, 0.3) is 0 Å². The highest BCUT2D eigenvalue weighted by Crippen LogP contribution is 2.33. The summed E-state index contributed by atoms with van der Waals surface area (Å²) in [6.07, 6.45) is 6.88. The molecule has 2 aliphatic rings. The van der Waals surface area contributed by atoms with Gasteiger partial charge in [0, 0.05) is 18.6 Å². The van der Waals surface area contributed by atoms with Crippen molar-refractivity contribution in [3.8, 4) is 0 Å². The molecule has 1 aromatic heterocycles. The van der Waals surface area contributed by atoms with E-state index in [4.69, 9.17) is 4.74 Å². The van der Waals surface area contributed by atoms with E-state index in [1.807, 2.05) is 0 Å². The summed E-state index contributed by atoms with van der Waals surface area (Å²) < 4.78 is 5.58. The first-order chi connectivity index (χ1) is 8.33. The standard InChI is InChI=1S/C13H18N2O2/c16-12-8-10(9-4-1-2-5-9)14-13(15-12)11-6-3-7-17-11/h8-9,11H,1-7H2,(H,14,15,16). The SMILES string of the molecule is O=c1cc(C2CCCC2)nc(C2CCCO2)[nH]1. The van der Waals surface area contributed by atoms with E-state index >= 15 is 0 Å². The molecule has 1 N–H and O–H groups in total. The van der Waals surface area contributed by atoms with Gasteiger partial charge in [-0.2, -0.15) is 0 Å². The lowest BCUT2D eigenvalue weighted by atomic mass is 10.0. The fourth-order valence-electron chi connectivity index (χ4n) is 2.87. The topological polar surface area (TPSA) is 55.0 Å². The van der Waals surface area contributed by atoms with Gasteiger partial charge in [-0.15, -0.1) is 0 Å². The summed E-state index contributed by atoms with van der Waals surface area (Å²) in [7, 11) is 0. The molecule has 0 amide bonds. The predicted molar refractivity (Wildman–Crippen MR) is 64.0 cm³/mol. The van der Waals surface area contributed by atoms with Gasteiger partial charge in [-0.25, -0.2) is 4.98 Å². The molecule has 1 unspecified atom stereocenters. The molecule has 1 saturated heterocycles. The molecule has 4 nitrogen and oxygen atoms in total. The second-order valence-electron chi connectivity index (χ2n) is 5.04. The van der Waals surface area contributed by atoms with E-state index in [9.17, 15) is 4.79 Å². The van der Waals surface area contributed by atoms with Gasteiger partial charge < -0.3 is 9.72 Å². The van der Waals surface area contributed by atoms with E-state index in [1.165, 1.54) is 25.7 Å². The normalized spacial score (nSPS) is 25.5. The molecule has 1 aliphatic heterocycles. The van der Waals surface area contributed by atoms with Crippen molar-refractivity contribution < 1.29 is 4.74 Å². The average Bonchev–Trinajstić information content (AvgIpc) is 3.02. The van der Waals surface area contributed by atoms with Crippen molar-refractivity contribution in [2.75, 3.05) is 6.61 Å². The quantitative estimate of drug-likeness (QED) is 0.854. The molecule has 0 bridgehead atoms. The van der Waals surface area contributed by atoms with Gasteiger partial charge in [-0.1, -0.05) is 12.8 Å². The average molecular weight is 234 g/mol. The Labute approximate surface area is 100 Å². The second-order valence-corrected chi connectivity index (χ2v) is 5.04. The van der Waals surface area contributed by atoms with Crippen LogP contribution in [0.15, 0.2) is 10.9 Å². The van der Waals surface area contributed by atoms with E-state index < -0.39 is 0 Å². The highest BCUT2D eigenvalue weighted by molar-refractivity contribution is 5.11. The summed E-state index contributed by atoms with van der Waals surface area (Å²) in [5.74, 6) is 1.22. The Balaban J connectivity index is 1.91. The van der Waals surface area contributed by atoms with Crippen molar-refractivity contribution >= 4 is 0 Å². The van der Waals surface area contributed by atoms with Crippen LogP contribution in [0.2, 0.25) is 0 Å². The third-order valence-electron chi connectivity index (χ3n) is 3.79. The lowest BCUT2D eigenvalue weighted by Gasteiger charge is -2.12. The van der Waals surface area contributed by atoms with Gasteiger partial charge in [0.1, 0.15) is 11.9 Å². The van der Waals surface area contributed by atoms with Crippen LogP contribution in [0.5, 0.6) is 0 Å². The summed E-state index contributed by atoms with van der Waals surface area (Å²) in [6.45, 7) is 0.780. The minimum absolute atomic E-state index is 0.00375. The Morgan fingerprint density at radius 3 is 2.76 bits per heavy atom. The lowest BCUT2D eigenvalue weighted by molar-refractivity contribution is 0.104. The first-order valence-corrected chi connectivity index (χ1v) is 6.56. The fraction of sp³-hybridized carbons (Fsp3) is 0.692. The number of nitrogens with one attached hydrogen (secondary N) is 1. The van der Waals surface area contributed by atoms with Crippen molar-refractivity contribution in [2.45, 2.75) is 50.5 Å². The molecule has 0 radical (unpaired) electrons. The third kappa shape index (κ3) is 2.27. The predicted octanol–water partition coefficient (Wildman–Crippen LogP) is 2.28. The van der Waals surface area contributed by atoms with Crippen molar-refractivity contribution in [2.24, 2.45) is 0 Å². The molecule has 0 spiro atoms. The van der Waals surface area contributed by atoms with E-state index in [1.54, 1.807) is 6.07 Å². The molecule has 92 valence electrons. The molecule has 2 fully saturated rings. The number of hydrogen-bond donors (Lipinski definition) is 1. The molecule has 2 heterocycles. The van der Waals surface area contributed by atoms with E-state index in [2.05, 4.69) is 9.97 Å². The van der Waals surface area contributed by atoms with Crippen LogP contribution >= 0.6 is 0 Å². The van der Waals surface area contributed by atoms with Crippen LogP contribution < -0.4 is 5.56 Å². The highest BCUT2D eigenvalue weighted by atomic mass is 16.5. The van der Waals surface area contributed by atoms with Crippen LogP contribution in [-0.4, -0.2) is 16.6 Å². The minimum Gasteiger partial charge on any atom is -0.370 e. The number of rotatable bonds is 2. The minimum atomic E-state index is -0.0348. The number of hydrogen-bond acceptors (Lipinski definition) is 3. The molecule has 4 heteroatoms. The van der Waals surface area contributed by atoms with Gasteiger partial charge >= 0.3 is 0 Å². The molecule has 1 atom stereocenters. The highest BCUT2D eigenvalue weighted by Gasteiger charge is 2.23. The Morgan fingerprint density at radius 2 is 2.06 bits per heavy atom. The van der Waals surface area contributed by atoms with E-state index in [0.29, 0.717) is 5.92 Å². The number of ether oxygens (including phenoxy) is 1. The zero-order valence-electron chi connectivity index (χ0n) is 9.95. The molecule has 17 heavy (non-hydrogen) atoms. The number of nitrogens with zero attached hydrogens (tertiary/aromatic N) is 1. The van der Waals surface area contributed by atoms with Crippen molar-refractivity contribution in [1.82, 2.24) is 9.97 Å². The first-order valence-electron chi connectivity index (χ1n) is 6.56. The molecular weight excluding hydrogens is 216 g/mol. The zero-order chi connectivity index (χ0) is 11.7. The van der Waals surface area contributed by atoms with Crippen LogP contribution in [0.4, 0.5) is 0 Å². The van der Waals surface area contributed by atoms with Crippen LogP contribution in [0.3, 0.4) is 0 Å². The van der Waals surface area contributed by atoms with Gasteiger partial charge in [0.2, 0.25) is 0 Å². The Hall–Kier alpha value is -1.16. The van der Waals surface area contributed by atoms with Gasteiger partial charge in [0.05, 0.1) is 5.69 Å². The summed E-state index contributed by atoms with van der Waals surface area (Å²) in [5.41, 5.74) is 0.934. The maximum absolute atomic E-state index is 11.7. The van der Waals surface area contributed by atoms with E-state index in [0.717, 1.165) is 31.0 Å². The molecular formula is C13H18N2O2. The smallest absolute Gasteiger partial charge is 0.251 e. The molecule has 3 rings (SSSR count). The van der Waals surface area contributed by atoms with Crippen LogP contribution in [0, 0.1) is 0 Å². The molecule has 1 aliphatic carbocycles. The van der Waals surface area contributed by atoms with Crippen molar-refractivity contribution in [3.63, 3.8) is 0 Å². The Bertz CT molecular complexity index is 406.